The van der Waals surface area contributed by atoms with E-state index in [0.717, 1.165) is 10.8 Å². The van der Waals surface area contributed by atoms with E-state index in [1.54, 1.807) is 12.1 Å². The summed E-state index contributed by atoms with van der Waals surface area (Å²) < 4.78 is 30.5. The molecule has 0 saturated heterocycles. The van der Waals surface area contributed by atoms with Crippen molar-refractivity contribution >= 4 is 20.9 Å². The van der Waals surface area contributed by atoms with Crippen LogP contribution in [0, 0.1) is 0 Å². The van der Waals surface area contributed by atoms with Gasteiger partial charge in [-0.2, -0.15) is 8.42 Å². The van der Waals surface area contributed by atoms with Crippen LogP contribution in [-0.2, 0) is 10.1 Å². The average molecular weight is 298 g/mol. The van der Waals surface area contributed by atoms with Crippen molar-refractivity contribution in [1.82, 2.24) is 0 Å². The molecule has 2 aromatic rings. The first-order chi connectivity index (χ1) is 9.57. The fourth-order valence-electron chi connectivity index (χ4n) is 1.33. The lowest BCUT2D eigenvalue weighted by Gasteiger charge is -1.99. The Morgan fingerprint density at radius 1 is 0.750 bits per heavy atom. The maximum atomic E-state index is 10.8. The lowest BCUT2D eigenvalue weighted by molar-refractivity contribution is 0.483. The Kier molecular flexibility index (Phi) is 12.0. The maximum Gasteiger partial charge on any atom is 0.294 e. The van der Waals surface area contributed by atoms with Crippen molar-refractivity contribution < 1.29 is 13.0 Å². The van der Waals surface area contributed by atoms with Crippen LogP contribution in [0.15, 0.2) is 47.4 Å². The van der Waals surface area contributed by atoms with Crippen molar-refractivity contribution in [3.05, 3.63) is 42.5 Å². The summed E-state index contributed by atoms with van der Waals surface area (Å²) in [5.41, 5.74) is 0. The van der Waals surface area contributed by atoms with Crippen molar-refractivity contribution in [3.63, 3.8) is 0 Å². The summed E-state index contributed by atoms with van der Waals surface area (Å²) >= 11 is 0. The van der Waals surface area contributed by atoms with Gasteiger partial charge in [-0.25, -0.2) is 0 Å². The van der Waals surface area contributed by atoms with Gasteiger partial charge in [0, 0.05) is 0 Å². The fraction of sp³-hybridized carbons (Fsp3) is 0.375. The first-order valence-corrected chi connectivity index (χ1v) is 8.48. The summed E-state index contributed by atoms with van der Waals surface area (Å²) in [6.07, 6.45) is 0. The van der Waals surface area contributed by atoms with Gasteiger partial charge in [0.25, 0.3) is 10.1 Å². The van der Waals surface area contributed by atoms with Crippen LogP contribution in [0.25, 0.3) is 10.8 Å². The summed E-state index contributed by atoms with van der Waals surface area (Å²) in [5, 5.41) is 1.74. The molecule has 0 saturated carbocycles. The summed E-state index contributed by atoms with van der Waals surface area (Å²) in [7, 11) is -4.09. The third kappa shape index (κ3) is 6.68. The van der Waals surface area contributed by atoms with E-state index >= 15 is 0 Å². The zero-order chi connectivity index (χ0) is 16.2. The van der Waals surface area contributed by atoms with Crippen LogP contribution in [0.3, 0.4) is 0 Å². The molecule has 1 N–H and O–H groups in total. The highest BCUT2D eigenvalue weighted by atomic mass is 32.2. The second-order valence-corrected chi connectivity index (χ2v) is 4.41. The van der Waals surface area contributed by atoms with Crippen LogP contribution in [0.1, 0.15) is 41.5 Å². The minimum atomic E-state index is -4.09. The standard InChI is InChI=1S/C10H8O3S.3C2H6/c11-14(12,13)10-6-5-8-3-1-2-4-9(8)7-10;3*1-2/h1-7H,(H,11,12,13);3*1-2H3. The van der Waals surface area contributed by atoms with Gasteiger partial charge in [-0.15, -0.1) is 0 Å². The highest BCUT2D eigenvalue weighted by molar-refractivity contribution is 7.85. The zero-order valence-corrected chi connectivity index (χ0v) is 14.0. The van der Waals surface area contributed by atoms with Crippen molar-refractivity contribution in [2.24, 2.45) is 0 Å². The molecule has 0 aliphatic heterocycles. The van der Waals surface area contributed by atoms with Crippen molar-refractivity contribution in [2.45, 2.75) is 46.4 Å². The summed E-state index contributed by atoms with van der Waals surface area (Å²) in [4.78, 5) is -0.0730. The number of hydrogen-bond donors (Lipinski definition) is 1. The van der Waals surface area contributed by atoms with Gasteiger partial charge in [0.05, 0.1) is 4.90 Å². The molecule has 2 aromatic carbocycles. The Balaban J connectivity index is 0. The number of benzene rings is 2. The van der Waals surface area contributed by atoms with Gasteiger partial charge in [0.1, 0.15) is 0 Å². The molecule has 0 atom stereocenters. The van der Waals surface area contributed by atoms with Crippen LogP contribution in [-0.4, -0.2) is 13.0 Å². The molecule has 20 heavy (non-hydrogen) atoms. The topological polar surface area (TPSA) is 54.4 Å². The van der Waals surface area contributed by atoms with Gasteiger partial charge in [-0.1, -0.05) is 71.9 Å². The van der Waals surface area contributed by atoms with Gasteiger partial charge in [-0.05, 0) is 22.9 Å². The van der Waals surface area contributed by atoms with Crippen molar-refractivity contribution in [1.29, 1.82) is 0 Å². The van der Waals surface area contributed by atoms with Crippen LogP contribution in [0.2, 0.25) is 0 Å². The lowest BCUT2D eigenvalue weighted by atomic mass is 10.1. The third-order valence-electron chi connectivity index (χ3n) is 2.02. The van der Waals surface area contributed by atoms with Crippen molar-refractivity contribution in [3.8, 4) is 0 Å². The lowest BCUT2D eigenvalue weighted by Crippen LogP contribution is -1.97. The van der Waals surface area contributed by atoms with E-state index in [9.17, 15) is 8.42 Å². The molecule has 0 unspecified atom stereocenters. The van der Waals surface area contributed by atoms with Crippen LogP contribution in [0.4, 0.5) is 0 Å². The third-order valence-corrected chi connectivity index (χ3v) is 2.87. The van der Waals surface area contributed by atoms with Gasteiger partial charge < -0.3 is 0 Å². The van der Waals surface area contributed by atoms with E-state index in [4.69, 9.17) is 4.55 Å². The Bertz CT molecular complexity index is 575. The summed E-state index contributed by atoms with van der Waals surface area (Å²) in [6, 6.07) is 11.9. The molecule has 3 nitrogen and oxygen atoms in total. The molecule has 0 amide bonds. The molecule has 0 spiro atoms. The molecule has 0 aromatic heterocycles. The van der Waals surface area contributed by atoms with E-state index in [-0.39, 0.29) is 4.90 Å². The van der Waals surface area contributed by atoms with Gasteiger partial charge in [0.2, 0.25) is 0 Å². The van der Waals surface area contributed by atoms with E-state index < -0.39 is 10.1 Å². The predicted molar refractivity (Wildman–Crippen MR) is 87.8 cm³/mol. The molecule has 4 heteroatoms. The minimum Gasteiger partial charge on any atom is -0.282 e. The van der Waals surface area contributed by atoms with Gasteiger partial charge >= 0.3 is 0 Å². The highest BCUT2D eigenvalue weighted by Gasteiger charge is 2.08. The van der Waals surface area contributed by atoms with Crippen molar-refractivity contribution in [2.75, 3.05) is 0 Å². The second kappa shape index (κ2) is 11.4. The first-order valence-electron chi connectivity index (χ1n) is 7.04. The molecule has 0 bridgehead atoms. The van der Waals surface area contributed by atoms with E-state index in [2.05, 4.69) is 0 Å². The maximum absolute atomic E-state index is 10.8. The zero-order valence-electron chi connectivity index (χ0n) is 13.2. The van der Waals surface area contributed by atoms with Gasteiger partial charge in [0.15, 0.2) is 0 Å². The Morgan fingerprint density at radius 3 is 1.65 bits per heavy atom. The molecular formula is C16H26O3S. The Morgan fingerprint density at radius 2 is 1.20 bits per heavy atom. The molecule has 0 aliphatic carbocycles. The first kappa shape index (κ1) is 20.9. The second-order valence-electron chi connectivity index (χ2n) is 2.98. The molecule has 114 valence electrons. The molecule has 0 aliphatic rings. The number of fused-ring (bicyclic) bond motifs is 1. The Labute approximate surface area is 123 Å². The smallest absolute Gasteiger partial charge is 0.282 e. The molecule has 2 rings (SSSR count). The average Bonchev–Trinajstić information content (AvgIpc) is 2.52. The van der Waals surface area contributed by atoms with Crippen LogP contribution >= 0.6 is 0 Å². The summed E-state index contributed by atoms with van der Waals surface area (Å²) in [6.45, 7) is 12.0. The SMILES string of the molecule is CC.CC.CC.O=S(=O)(O)c1ccc2ccccc2c1. The summed E-state index contributed by atoms with van der Waals surface area (Å²) in [5.74, 6) is 0. The normalized spacial score (nSPS) is 9.15. The van der Waals surface area contributed by atoms with Crippen LogP contribution < -0.4 is 0 Å². The number of hydrogen-bond acceptors (Lipinski definition) is 2. The number of rotatable bonds is 1. The van der Waals surface area contributed by atoms with Crippen LogP contribution in [0.5, 0.6) is 0 Å². The molecule has 0 radical (unpaired) electrons. The van der Waals surface area contributed by atoms with Gasteiger partial charge in [-0.3, -0.25) is 4.55 Å². The fourth-order valence-corrected chi connectivity index (χ4v) is 1.84. The highest BCUT2D eigenvalue weighted by Crippen LogP contribution is 2.18. The van der Waals surface area contributed by atoms with E-state index in [1.807, 2.05) is 59.7 Å². The minimum absolute atomic E-state index is 0.0730. The Hall–Kier alpha value is -1.39. The molecule has 0 heterocycles. The monoisotopic (exact) mass is 298 g/mol. The quantitative estimate of drug-likeness (QED) is 0.739. The predicted octanol–water partition coefficient (Wildman–Crippen LogP) is 5.17. The molecule has 0 fully saturated rings. The largest absolute Gasteiger partial charge is 0.294 e. The molecular weight excluding hydrogens is 272 g/mol. The van der Waals surface area contributed by atoms with E-state index in [1.165, 1.54) is 12.1 Å². The van der Waals surface area contributed by atoms with E-state index in [0.29, 0.717) is 0 Å².